The van der Waals surface area contributed by atoms with E-state index in [0.717, 1.165) is 122 Å². The van der Waals surface area contributed by atoms with Gasteiger partial charge in [0, 0.05) is 19.4 Å². The Morgan fingerprint density at radius 2 is 0.584 bits per heavy atom. The van der Waals surface area contributed by atoms with Gasteiger partial charge in [-0.15, -0.1) is 0 Å². The van der Waals surface area contributed by atoms with E-state index in [1.165, 1.54) is 154 Å². The highest BCUT2D eigenvalue weighted by Gasteiger charge is 2.26. The van der Waals surface area contributed by atoms with Crippen molar-refractivity contribution in [2.45, 2.75) is 315 Å². The van der Waals surface area contributed by atoms with E-state index in [-0.39, 0.29) is 38.6 Å². The molecule has 0 aliphatic rings. The molecular formula is C79H134NO8P. The summed E-state index contributed by atoms with van der Waals surface area (Å²) >= 11 is 0. The number of allylic oxidation sites excluding steroid dienone is 24. The zero-order chi connectivity index (χ0) is 64.4. The lowest BCUT2D eigenvalue weighted by molar-refractivity contribution is -0.161. The largest absolute Gasteiger partial charge is 0.472 e. The molecule has 2 atom stereocenters. The van der Waals surface area contributed by atoms with Crippen LogP contribution in [0.3, 0.4) is 0 Å². The fourth-order valence-electron chi connectivity index (χ4n) is 9.94. The van der Waals surface area contributed by atoms with Crippen LogP contribution in [0.2, 0.25) is 0 Å². The van der Waals surface area contributed by atoms with E-state index < -0.39 is 26.5 Å². The third-order valence-electron chi connectivity index (χ3n) is 15.2. The van der Waals surface area contributed by atoms with E-state index >= 15 is 0 Å². The molecule has 0 fully saturated rings. The highest BCUT2D eigenvalue weighted by molar-refractivity contribution is 7.47. The topological polar surface area (TPSA) is 134 Å². The fraction of sp³-hybridized carbons (Fsp3) is 0.671. The summed E-state index contributed by atoms with van der Waals surface area (Å²) in [5, 5.41) is 0. The first-order valence-corrected chi connectivity index (χ1v) is 37.8. The van der Waals surface area contributed by atoms with Crippen molar-refractivity contribution < 1.29 is 37.6 Å². The highest BCUT2D eigenvalue weighted by Crippen LogP contribution is 2.43. The second kappa shape index (κ2) is 72.9. The van der Waals surface area contributed by atoms with Gasteiger partial charge in [-0.3, -0.25) is 18.6 Å². The Labute approximate surface area is 547 Å². The normalized spacial score (nSPS) is 13.8. The predicted molar refractivity (Wildman–Crippen MR) is 385 cm³/mol. The molecule has 0 aliphatic carbocycles. The molecule has 0 bridgehead atoms. The molecule has 0 aromatic carbocycles. The van der Waals surface area contributed by atoms with Gasteiger partial charge in [0.15, 0.2) is 6.10 Å². The quantitative estimate of drug-likeness (QED) is 0.0264. The zero-order valence-corrected chi connectivity index (χ0v) is 58.0. The van der Waals surface area contributed by atoms with Gasteiger partial charge in [0.2, 0.25) is 0 Å². The van der Waals surface area contributed by atoms with E-state index in [9.17, 15) is 19.0 Å². The van der Waals surface area contributed by atoms with E-state index in [4.69, 9.17) is 24.3 Å². The average Bonchev–Trinajstić information content (AvgIpc) is 3.66. The van der Waals surface area contributed by atoms with Gasteiger partial charge in [-0.1, -0.05) is 327 Å². The summed E-state index contributed by atoms with van der Waals surface area (Å²) in [6.45, 7) is 3.53. The second-order valence-electron chi connectivity index (χ2n) is 23.7. The van der Waals surface area contributed by atoms with E-state index in [0.29, 0.717) is 6.42 Å². The maximum Gasteiger partial charge on any atom is 0.472 e. The first kappa shape index (κ1) is 84.9. The van der Waals surface area contributed by atoms with Crippen LogP contribution in [-0.2, 0) is 32.7 Å². The number of carbonyl (C=O) groups is 2. The van der Waals surface area contributed by atoms with Crippen LogP contribution in [0.1, 0.15) is 309 Å². The molecule has 0 radical (unpaired) electrons. The number of carbonyl (C=O) groups excluding carboxylic acids is 2. The molecule has 0 saturated carbocycles. The van der Waals surface area contributed by atoms with Crippen molar-refractivity contribution in [1.82, 2.24) is 0 Å². The number of hydrogen-bond acceptors (Lipinski definition) is 8. The van der Waals surface area contributed by atoms with Crippen molar-refractivity contribution in [1.29, 1.82) is 0 Å². The summed E-state index contributed by atoms with van der Waals surface area (Å²) in [5.41, 5.74) is 5.41. The Bertz CT molecular complexity index is 1970. The van der Waals surface area contributed by atoms with Crippen LogP contribution in [0.25, 0.3) is 0 Å². The zero-order valence-electron chi connectivity index (χ0n) is 57.1. The maximum atomic E-state index is 12.8. The van der Waals surface area contributed by atoms with Crippen LogP contribution in [0.5, 0.6) is 0 Å². The number of unbranched alkanes of at least 4 members (excludes halogenated alkanes) is 30. The molecule has 10 heteroatoms. The molecule has 0 aromatic heterocycles. The second-order valence-corrected chi connectivity index (χ2v) is 25.1. The van der Waals surface area contributed by atoms with E-state index in [1.54, 1.807) is 0 Å². The lowest BCUT2D eigenvalue weighted by Crippen LogP contribution is -2.29. The Morgan fingerprint density at radius 1 is 0.337 bits per heavy atom. The van der Waals surface area contributed by atoms with Gasteiger partial charge in [0.25, 0.3) is 0 Å². The van der Waals surface area contributed by atoms with Gasteiger partial charge < -0.3 is 20.1 Å². The Morgan fingerprint density at radius 3 is 0.865 bits per heavy atom. The summed E-state index contributed by atoms with van der Waals surface area (Å²) in [5.74, 6) is -0.829. The predicted octanol–water partition coefficient (Wildman–Crippen LogP) is 24.2. The van der Waals surface area contributed by atoms with Crippen molar-refractivity contribution in [3.8, 4) is 0 Å². The molecule has 0 saturated heterocycles. The first-order valence-electron chi connectivity index (χ1n) is 36.3. The molecular weight excluding hydrogens is 1120 g/mol. The van der Waals surface area contributed by atoms with Crippen molar-refractivity contribution in [3.05, 3.63) is 146 Å². The van der Waals surface area contributed by atoms with Crippen molar-refractivity contribution in [3.63, 3.8) is 0 Å². The maximum absolute atomic E-state index is 12.8. The number of phosphoric acid groups is 1. The van der Waals surface area contributed by atoms with E-state index in [1.807, 2.05) is 0 Å². The Balaban J connectivity index is 3.90. The molecule has 3 N–H and O–H groups in total. The third kappa shape index (κ3) is 72.8. The van der Waals surface area contributed by atoms with Gasteiger partial charge in [0.05, 0.1) is 13.2 Å². The van der Waals surface area contributed by atoms with E-state index in [2.05, 4.69) is 160 Å². The van der Waals surface area contributed by atoms with Crippen LogP contribution < -0.4 is 5.73 Å². The number of nitrogens with two attached hydrogens (primary N) is 1. The smallest absolute Gasteiger partial charge is 0.462 e. The lowest BCUT2D eigenvalue weighted by Gasteiger charge is -2.19. The summed E-state index contributed by atoms with van der Waals surface area (Å²) in [4.78, 5) is 35.4. The van der Waals surface area contributed by atoms with Gasteiger partial charge in [-0.05, 0) is 116 Å². The third-order valence-corrected chi connectivity index (χ3v) is 16.2. The van der Waals surface area contributed by atoms with Crippen LogP contribution in [0.4, 0.5) is 0 Å². The van der Waals surface area contributed by atoms with Crippen molar-refractivity contribution in [2.75, 3.05) is 26.4 Å². The molecule has 0 aromatic rings. The summed E-state index contributed by atoms with van der Waals surface area (Å²) in [6, 6.07) is 0. The molecule has 89 heavy (non-hydrogen) atoms. The van der Waals surface area contributed by atoms with Gasteiger partial charge in [0.1, 0.15) is 6.61 Å². The van der Waals surface area contributed by atoms with Crippen LogP contribution >= 0.6 is 7.82 Å². The average molecular weight is 1260 g/mol. The van der Waals surface area contributed by atoms with Crippen molar-refractivity contribution >= 4 is 19.8 Å². The van der Waals surface area contributed by atoms with Gasteiger partial charge in [-0.2, -0.15) is 0 Å². The van der Waals surface area contributed by atoms with Gasteiger partial charge in [-0.25, -0.2) is 4.57 Å². The lowest BCUT2D eigenvalue weighted by atomic mass is 10.0. The number of rotatable bonds is 67. The number of esters is 2. The monoisotopic (exact) mass is 1260 g/mol. The van der Waals surface area contributed by atoms with Crippen LogP contribution in [0, 0.1) is 0 Å². The number of ether oxygens (including phenoxy) is 2. The molecule has 2 unspecified atom stereocenters. The summed E-state index contributed by atoms with van der Waals surface area (Å²) in [7, 11) is -4.40. The molecule has 0 spiro atoms. The Kier molecular flexibility index (Phi) is 69.6. The molecule has 9 nitrogen and oxygen atoms in total. The van der Waals surface area contributed by atoms with Gasteiger partial charge >= 0.3 is 19.8 Å². The SMILES string of the molecule is CC/C=C\C/C=C\C/C=C\C/C=C\C/C=C\C/C=C\C/C=C\C/C=C\CCCCCCCCCCCCC(=O)OC(COC(=O)CCCCCCCCCCCCCCCCCCCCCC/C=C\C/C=C\C/C=C\C/C=C\CC)COP(=O)(O)OCCN. The first-order chi connectivity index (χ1) is 43.8. The number of phosphoric ester groups is 1. The Hall–Kier alpha value is -4.11. The highest BCUT2D eigenvalue weighted by atomic mass is 31.2. The molecule has 508 valence electrons. The van der Waals surface area contributed by atoms with Crippen molar-refractivity contribution in [2.24, 2.45) is 5.73 Å². The summed E-state index contributed by atoms with van der Waals surface area (Å²) < 4.78 is 33.2. The molecule has 0 heterocycles. The molecule has 0 aliphatic heterocycles. The minimum absolute atomic E-state index is 0.0477. The fourth-order valence-corrected chi connectivity index (χ4v) is 10.7. The standard InChI is InChI=1S/C79H134NO8P/c1-3-5-7-9-11-13-15-17-19-21-23-25-27-29-31-33-35-37-38-40-42-44-46-48-50-52-54-56-58-60-62-64-66-68-70-72-79(82)88-77(76-87-89(83,84)86-74-73-80)75-85-78(81)71-69-67-65-63-61-59-57-55-53-51-49-47-45-43-41-39-36-34-32-30-28-26-24-22-20-18-16-14-12-10-8-6-4-2/h5-8,11-14,17-20,23-26,29,31,35,37,40,42,46,48,77H,3-4,9-10,15-16,21-22,27-28,30,32-34,36,38-39,41,43-45,47,49-76,80H2,1-2H3,(H,83,84)/b7-5-,8-6-,13-11-,14-12-,19-17-,20-18-,25-23-,26-24-,31-29-,37-35-,42-40-,48-46-. The molecule has 0 amide bonds. The minimum atomic E-state index is -4.40. The minimum Gasteiger partial charge on any atom is -0.462 e. The van der Waals surface area contributed by atoms with Crippen LogP contribution in [-0.4, -0.2) is 49.3 Å². The van der Waals surface area contributed by atoms with Crippen LogP contribution in [0.15, 0.2) is 146 Å². The molecule has 0 rings (SSSR count). The number of hydrogen-bond donors (Lipinski definition) is 2. The summed E-state index contributed by atoms with van der Waals surface area (Å²) in [6.07, 6.45) is 105.